The second-order valence-corrected chi connectivity index (χ2v) is 7.57. The molecule has 0 bridgehead atoms. The fraction of sp³-hybridized carbons (Fsp3) is 0.421. The van der Waals surface area contributed by atoms with Gasteiger partial charge >= 0.3 is 5.69 Å². The molecule has 0 spiro atoms. The van der Waals surface area contributed by atoms with Gasteiger partial charge in [-0.05, 0) is 37.0 Å². The Labute approximate surface area is 165 Å². The molecule has 2 aromatic heterocycles. The van der Waals surface area contributed by atoms with Crippen LogP contribution in [0.4, 0.5) is 10.3 Å². The molecule has 0 aliphatic carbocycles. The van der Waals surface area contributed by atoms with Crippen LogP contribution < -0.4 is 16.1 Å². The first-order valence-electron chi connectivity index (χ1n) is 9.23. The van der Waals surface area contributed by atoms with Crippen LogP contribution in [0.15, 0.2) is 27.8 Å². The Morgan fingerprint density at radius 3 is 2.50 bits per heavy atom. The number of anilines is 1. The van der Waals surface area contributed by atoms with E-state index in [0.29, 0.717) is 22.7 Å². The van der Waals surface area contributed by atoms with E-state index in [2.05, 4.69) is 9.88 Å². The third-order valence-electron chi connectivity index (χ3n) is 5.31. The number of aryl methyl sites for hydroxylation is 1. The molecular weight excluding hydrogens is 385 g/mol. The Hall–Kier alpha value is -2.61. The summed E-state index contributed by atoms with van der Waals surface area (Å²) in [5.41, 5.74) is 0.522. The first kappa shape index (κ1) is 18.7. The molecule has 7 nitrogen and oxygen atoms in total. The van der Waals surface area contributed by atoms with Crippen LogP contribution in [0.5, 0.6) is 0 Å². The zero-order valence-electron chi connectivity index (χ0n) is 15.8. The number of aromatic nitrogens is 4. The summed E-state index contributed by atoms with van der Waals surface area (Å²) in [4.78, 5) is 32.1. The van der Waals surface area contributed by atoms with Gasteiger partial charge in [0.05, 0.1) is 6.54 Å². The van der Waals surface area contributed by atoms with Crippen molar-refractivity contribution in [3.8, 4) is 0 Å². The highest BCUT2D eigenvalue weighted by Crippen LogP contribution is 2.26. The topological polar surface area (TPSA) is 65.1 Å². The minimum atomic E-state index is -0.424. The van der Waals surface area contributed by atoms with Gasteiger partial charge in [0.15, 0.2) is 11.2 Å². The first-order chi connectivity index (χ1) is 13.4. The smallest absolute Gasteiger partial charge is 0.332 e. The summed E-state index contributed by atoms with van der Waals surface area (Å²) in [5, 5.41) is 0.285. The van der Waals surface area contributed by atoms with Gasteiger partial charge in [0, 0.05) is 32.2 Å². The van der Waals surface area contributed by atoms with Crippen molar-refractivity contribution in [3.63, 3.8) is 0 Å². The van der Waals surface area contributed by atoms with Gasteiger partial charge in [-0.15, -0.1) is 0 Å². The minimum absolute atomic E-state index is 0.259. The van der Waals surface area contributed by atoms with E-state index in [9.17, 15) is 14.0 Å². The second kappa shape index (κ2) is 7.09. The van der Waals surface area contributed by atoms with Crippen LogP contribution in [0, 0.1) is 5.82 Å². The molecule has 3 aromatic rings. The van der Waals surface area contributed by atoms with Crippen molar-refractivity contribution in [2.24, 2.45) is 14.1 Å². The van der Waals surface area contributed by atoms with Crippen LogP contribution >= 0.6 is 11.6 Å². The van der Waals surface area contributed by atoms with Crippen molar-refractivity contribution in [2.45, 2.75) is 25.8 Å². The van der Waals surface area contributed by atoms with Crippen LogP contribution in [-0.2, 0) is 20.6 Å². The highest BCUT2D eigenvalue weighted by molar-refractivity contribution is 6.31. The van der Waals surface area contributed by atoms with Crippen molar-refractivity contribution in [3.05, 3.63) is 55.4 Å². The Balaban J connectivity index is 1.97. The monoisotopic (exact) mass is 405 g/mol. The van der Waals surface area contributed by atoms with Crippen molar-refractivity contribution in [1.29, 1.82) is 0 Å². The SMILES string of the molecule is Cn1c(=O)c2c(nc(N3CCCCC3)n2Cc2ccc(F)cc2Cl)n(C)c1=O. The van der Waals surface area contributed by atoms with E-state index in [0.717, 1.165) is 36.9 Å². The van der Waals surface area contributed by atoms with Gasteiger partial charge in [-0.3, -0.25) is 18.5 Å². The van der Waals surface area contributed by atoms with Gasteiger partial charge in [-0.2, -0.15) is 4.98 Å². The number of imidazole rings is 1. The van der Waals surface area contributed by atoms with Crippen molar-refractivity contribution < 1.29 is 4.39 Å². The summed E-state index contributed by atoms with van der Waals surface area (Å²) in [6, 6.07) is 4.20. The molecule has 0 radical (unpaired) electrons. The van der Waals surface area contributed by atoms with Gasteiger partial charge in [-0.25, -0.2) is 9.18 Å². The van der Waals surface area contributed by atoms with E-state index in [1.165, 1.54) is 23.7 Å². The molecule has 148 valence electrons. The highest BCUT2D eigenvalue weighted by atomic mass is 35.5. The van der Waals surface area contributed by atoms with E-state index in [1.807, 2.05) is 0 Å². The van der Waals surface area contributed by atoms with Gasteiger partial charge < -0.3 is 4.90 Å². The normalized spacial score (nSPS) is 14.8. The maximum Gasteiger partial charge on any atom is 0.332 e. The number of halogens is 2. The molecule has 1 fully saturated rings. The summed E-state index contributed by atoms with van der Waals surface area (Å²) >= 11 is 6.24. The fourth-order valence-electron chi connectivity index (χ4n) is 3.74. The minimum Gasteiger partial charge on any atom is -0.342 e. The predicted octanol–water partition coefficient (Wildman–Crippen LogP) is 2.26. The van der Waals surface area contributed by atoms with Crippen LogP contribution in [-0.4, -0.2) is 31.8 Å². The largest absolute Gasteiger partial charge is 0.342 e. The number of piperidine rings is 1. The summed E-state index contributed by atoms with van der Waals surface area (Å²) in [6.45, 7) is 1.92. The van der Waals surface area contributed by atoms with E-state index in [4.69, 9.17) is 11.6 Å². The third kappa shape index (κ3) is 3.01. The van der Waals surface area contributed by atoms with Gasteiger partial charge in [0.25, 0.3) is 5.56 Å². The highest BCUT2D eigenvalue weighted by Gasteiger charge is 2.24. The lowest BCUT2D eigenvalue weighted by Crippen LogP contribution is -2.37. The maximum atomic E-state index is 13.5. The molecule has 0 N–H and O–H groups in total. The number of benzene rings is 1. The van der Waals surface area contributed by atoms with Gasteiger partial charge in [0.1, 0.15) is 5.82 Å². The Morgan fingerprint density at radius 1 is 1.11 bits per heavy atom. The molecule has 1 aliphatic heterocycles. The molecule has 0 unspecified atom stereocenters. The summed E-state index contributed by atoms with van der Waals surface area (Å²) < 4.78 is 17.7. The quantitative estimate of drug-likeness (QED) is 0.670. The summed E-state index contributed by atoms with van der Waals surface area (Å²) in [6.07, 6.45) is 3.23. The molecular formula is C19H21ClFN5O2. The molecule has 9 heteroatoms. The number of nitrogens with zero attached hydrogens (tertiary/aromatic N) is 5. The average Bonchev–Trinajstić information content (AvgIpc) is 3.07. The molecule has 1 saturated heterocycles. The van der Waals surface area contributed by atoms with Crippen LogP contribution in [0.3, 0.4) is 0 Å². The molecule has 0 atom stereocenters. The van der Waals surface area contributed by atoms with Crippen molar-refractivity contribution >= 4 is 28.7 Å². The molecule has 0 amide bonds. The second-order valence-electron chi connectivity index (χ2n) is 7.16. The van der Waals surface area contributed by atoms with E-state index in [1.54, 1.807) is 17.7 Å². The number of fused-ring (bicyclic) bond motifs is 1. The Bertz CT molecular complexity index is 1170. The van der Waals surface area contributed by atoms with Crippen molar-refractivity contribution in [2.75, 3.05) is 18.0 Å². The number of hydrogen-bond acceptors (Lipinski definition) is 4. The van der Waals surface area contributed by atoms with E-state index in [-0.39, 0.29) is 11.6 Å². The molecule has 3 heterocycles. The van der Waals surface area contributed by atoms with Gasteiger partial charge in [0.2, 0.25) is 5.95 Å². The lowest BCUT2D eigenvalue weighted by molar-refractivity contribution is 0.560. The lowest BCUT2D eigenvalue weighted by atomic mass is 10.1. The number of rotatable bonds is 3. The lowest BCUT2D eigenvalue weighted by Gasteiger charge is -2.28. The summed E-state index contributed by atoms with van der Waals surface area (Å²) in [7, 11) is 3.05. The van der Waals surface area contributed by atoms with Crippen LogP contribution in [0.25, 0.3) is 11.2 Å². The molecule has 0 saturated carbocycles. The van der Waals surface area contributed by atoms with Crippen LogP contribution in [0.2, 0.25) is 5.02 Å². The molecule has 4 rings (SSSR count). The molecule has 28 heavy (non-hydrogen) atoms. The standard InChI is InChI=1S/C19H21ClFN5O2/c1-23-16-15(17(27)24(2)19(23)28)26(11-12-6-7-13(21)10-14(12)20)18(22-16)25-8-4-3-5-9-25/h6-7,10H,3-5,8-9,11H2,1-2H3. The zero-order valence-corrected chi connectivity index (χ0v) is 16.5. The predicted molar refractivity (Wildman–Crippen MR) is 107 cm³/mol. The zero-order chi connectivity index (χ0) is 20.0. The fourth-order valence-corrected chi connectivity index (χ4v) is 3.97. The molecule has 1 aromatic carbocycles. The van der Waals surface area contributed by atoms with E-state index >= 15 is 0 Å². The van der Waals surface area contributed by atoms with E-state index < -0.39 is 17.1 Å². The summed E-state index contributed by atoms with van der Waals surface area (Å²) in [5.74, 6) is 0.215. The van der Waals surface area contributed by atoms with Crippen molar-refractivity contribution in [1.82, 2.24) is 18.7 Å². The van der Waals surface area contributed by atoms with Gasteiger partial charge in [-0.1, -0.05) is 17.7 Å². The average molecular weight is 406 g/mol. The first-order valence-corrected chi connectivity index (χ1v) is 9.61. The molecule has 1 aliphatic rings. The maximum absolute atomic E-state index is 13.5. The third-order valence-corrected chi connectivity index (χ3v) is 5.66. The Morgan fingerprint density at radius 2 is 1.82 bits per heavy atom. The number of hydrogen-bond donors (Lipinski definition) is 0. The van der Waals surface area contributed by atoms with Crippen LogP contribution in [0.1, 0.15) is 24.8 Å². The Kier molecular flexibility index (Phi) is 4.74.